The van der Waals surface area contributed by atoms with Crippen molar-refractivity contribution in [1.29, 1.82) is 0 Å². The molecule has 4 nitrogen and oxygen atoms in total. The largest absolute Gasteiger partial charge is 0.330 e. The number of hydrogen-bond acceptors (Lipinski definition) is 3. The lowest BCUT2D eigenvalue weighted by Gasteiger charge is -2.39. The van der Waals surface area contributed by atoms with Gasteiger partial charge in [0.2, 0.25) is 0 Å². The van der Waals surface area contributed by atoms with Crippen LogP contribution in [0.4, 0.5) is 0 Å². The van der Waals surface area contributed by atoms with Crippen molar-refractivity contribution < 1.29 is 0 Å². The molecule has 1 heterocycles. The topological polar surface area (TPSA) is 47.1 Å². The van der Waals surface area contributed by atoms with E-state index in [9.17, 15) is 0 Å². The highest BCUT2D eigenvalue weighted by Crippen LogP contribution is 2.28. The third kappa shape index (κ3) is 3.83. The van der Waals surface area contributed by atoms with Crippen LogP contribution in [-0.4, -0.2) is 33.8 Å². The van der Waals surface area contributed by atoms with E-state index in [4.69, 9.17) is 5.73 Å². The van der Waals surface area contributed by atoms with Crippen molar-refractivity contribution in [2.45, 2.75) is 65.1 Å². The first-order valence-electron chi connectivity index (χ1n) is 8.23. The summed E-state index contributed by atoms with van der Waals surface area (Å²) in [6.45, 7) is 8.41. The van der Waals surface area contributed by atoms with E-state index >= 15 is 0 Å². The summed E-state index contributed by atoms with van der Waals surface area (Å²) in [6.07, 6.45) is 10.7. The molecule has 1 aliphatic rings. The third-order valence-corrected chi connectivity index (χ3v) is 4.57. The quantitative estimate of drug-likeness (QED) is 0.834. The van der Waals surface area contributed by atoms with Gasteiger partial charge in [-0.05, 0) is 38.3 Å². The smallest absolute Gasteiger partial charge is 0.0534 e. The average Bonchev–Trinajstić information content (AvgIpc) is 2.92. The van der Waals surface area contributed by atoms with Gasteiger partial charge >= 0.3 is 0 Å². The van der Waals surface area contributed by atoms with Crippen molar-refractivity contribution in [3.63, 3.8) is 0 Å². The molecule has 4 heteroatoms. The number of aryl methyl sites for hydroxylation is 1. The first-order chi connectivity index (χ1) is 9.78. The van der Waals surface area contributed by atoms with Gasteiger partial charge in [0.15, 0.2) is 0 Å². The Labute approximate surface area is 123 Å². The van der Waals surface area contributed by atoms with Crippen molar-refractivity contribution >= 4 is 0 Å². The van der Waals surface area contributed by atoms with Crippen molar-refractivity contribution in [1.82, 2.24) is 14.7 Å². The second-order valence-electron chi connectivity index (χ2n) is 6.02. The molecule has 0 amide bonds. The molecule has 0 spiro atoms. The number of aromatic nitrogens is 2. The van der Waals surface area contributed by atoms with Crippen LogP contribution in [0.15, 0.2) is 12.4 Å². The van der Waals surface area contributed by atoms with Gasteiger partial charge in [0.05, 0.1) is 6.20 Å². The monoisotopic (exact) mass is 278 g/mol. The van der Waals surface area contributed by atoms with Crippen LogP contribution in [0.3, 0.4) is 0 Å². The van der Waals surface area contributed by atoms with E-state index in [-0.39, 0.29) is 0 Å². The molecule has 2 N–H and O–H groups in total. The summed E-state index contributed by atoms with van der Waals surface area (Å²) in [5, 5.41) is 4.44. The maximum absolute atomic E-state index is 5.98. The molecular weight excluding hydrogens is 248 g/mol. The Bertz CT molecular complexity index is 388. The van der Waals surface area contributed by atoms with Crippen molar-refractivity contribution in [3.05, 3.63) is 18.0 Å². The predicted molar refractivity (Wildman–Crippen MR) is 83.4 cm³/mol. The second-order valence-corrected chi connectivity index (χ2v) is 6.02. The van der Waals surface area contributed by atoms with E-state index in [2.05, 4.69) is 34.7 Å². The Morgan fingerprint density at radius 2 is 2.15 bits per heavy atom. The molecule has 2 rings (SSSR count). The Kier molecular flexibility index (Phi) is 6.05. The van der Waals surface area contributed by atoms with Gasteiger partial charge < -0.3 is 5.73 Å². The van der Waals surface area contributed by atoms with E-state index in [1.165, 1.54) is 31.2 Å². The molecule has 0 bridgehead atoms. The normalized spacial score (nSPS) is 23.4. The van der Waals surface area contributed by atoms with E-state index in [1.54, 1.807) is 0 Å². The maximum atomic E-state index is 5.98. The molecule has 1 aromatic rings. The summed E-state index contributed by atoms with van der Waals surface area (Å²) in [6, 6.07) is 0.660. The molecule has 1 aromatic heterocycles. The van der Waals surface area contributed by atoms with Gasteiger partial charge in [-0.15, -0.1) is 0 Å². The molecule has 2 atom stereocenters. The summed E-state index contributed by atoms with van der Waals surface area (Å²) in [7, 11) is 0. The summed E-state index contributed by atoms with van der Waals surface area (Å²) >= 11 is 0. The molecule has 0 saturated heterocycles. The zero-order chi connectivity index (χ0) is 14.4. The van der Waals surface area contributed by atoms with Crippen LogP contribution in [0.5, 0.6) is 0 Å². The number of rotatable bonds is 7. The number of hydrogen-bond donors (Lipinski definition) is 1. The lowest BCUT2D eigenvalue weighted by atomic mass is 9.83. The van der Waals surface area contributed by atoms with Gasteiger partial charge in [0.1, 0.15) is 0 Å². The van der Waals surface area contributed by atoms with Crippen LogP contribution in [0.25, 0.3) is 0 Å². The number of nitrogens with two attached hydrogens (primary N) is 1. The third-order valence-electron chi connectivity index (χ3n) is 4.57. The molecule has 1 aliphatic carbocycles. The SMILES string of the molecule is CCCn1cc(CN(CC)C2CCCCC2CN)cn1. The average molecular weight is 278 g/mol. The zero-order valence-electron chi connectivity index (χ0n) is 13.1. The zero-order valence-corrected chi connectivity index (χ0v) is 13.1. The highest BCUT2D eigenvalue weighted by Gasteiger charge is 2.28. The first-order valence-corrected chi connectivity index (χ1v) is 8.23. The molecule has 0 aromatic carbocycles. The van der Waals surface area contributed by atoms with Crippen LogP contribution in [0, 0.1) is 5.92 Å². The molecule has 0 radical (unpaired) electrons. The molecule has 1 fully saturated rings. The minimum Gasteiger partial charge on any atom is -0.330 e. The van der Waals surface area contributed by atoms with Crippen LogP contribution in [-0.2, 0) is 13.1 Å². The van der Waals surface area contributed by atoms with E-state index in [0.29, 0.717) is 12.0 Å². The highest BCUT2D eigenvalue weighted by molar-refractivity contribution is 5.04. The van der Waals surface area contributed by atoms with Crippen molar-refractivity contribution in [3.8, 4) is 0 Å². The van der Waals surface area contributed by atoms with Gasteiger partial charge in [0, 0.05) is 30.9 Å². The van der Waals surface area contributed by atoms with Gasteiger partial charge in [-0.25, -0.2) is 0 Å². The highest BCUT2D eigenvalue weighted by atomic mass is 15.3. The fourth-order valence-corrected chi connectivity index (χ4v) is 3.48. The second kappa shape index (κ2) is 7.79. The Balaban J connectivity index is 1.99. The molecule has 0 aliphatic heterocycles. The van der Waals surface area contributed by atoms with Crippen molar-refractivity contribution in [2.24, 2.45) is 11.7 Å². The Morgan fingerprint density at radius 3 is 2.85 bits per heavy atom. The standard InChI is InChI=1S/C16H30N4/c1-3-9-20-13-14(11-18-20)12-19(4-2)16-8-6-5-7-15(16)10-17/h11,13,15-16H,3-10,12,17H2,1-2H3. The molecule has 2 unspecified atom stereocenters. The van der Waals surface area contributed by atoms with Crippen LogP contribution < -0.4 is 5.73 Å². The van der Waals surface area contributed by atoms with Crippen LogP contribution in [0.1, 0.15) is 51.5 Å². The molecule has 114 valence electrons. The summed E-state index contributed by atoms with van der Waals surface area (Å²) < 4.78 is 2.06. The lowest BCUT2D eigenvalue weighted by Crippen LogP contribution is -2.44. The van der Waals surface area contributed by atoms with Gasteiger partial charge in [0.25, 0.3) is 0 Å². The fraction of sp³-hybridized carbons (Fsp3) is 0.812. The van der Waals surface area contributed by atoms with E-state index < -0.39 is 0 Å². The van der Waals surface area contributed by atoms with E-state index in [0.717, 1.165) is 32.6 Å². The maximum Gasteiger partial charge on any atom is 0.0534 e. The van der Waals surface area contributed by atoms with Gasteiger partial charge in [-0.2, -0.15) is 5.10 Å². The van der Waals surface area contributed by atoms with Crippen molar-refractivity contribution in [2.75, 3.05) is 13.1 Å². The summed E-state index contributed by atoms with van der Waals surface area (Å²) in [5.74, 6) is 0.675. The van der Waals surface area contributed by atoms with E-state index in [1.807, 2.05) is 6.20 Å². The van der Waals surface area contributed by atoms with Gasteiger partial charge in [-0.3, -0.25) is 9.58 Å². The van der Waals surface area contributed by atoms with Gasteiger partial charge in [-0.1, -0.05) is 26.7 Å². The predicted octanol–water partition coefficient (Wildman–Crippen LogP) is 2.63. The summed E-state index contributed by atoms with van der Waals surface area (Å²) in [4.78, 5) is 2.60. The molecular formula is C16H30N4. The lowest BCUT2D eigenvalue weighted by molar-refractivity contribution is 0.105. The summed E-state index contributed by atoms with van der Waals surface area (Å²) in [5.41, 5.74) is 7.31. The Hall–Kier alpha value is -0.870. The minimum atomic E-state index is 0.660. The Morgan fingerprint density at radius 1 is 1.35 bits per heavy atom. The fourth-order valence-electron chi connectivity index (χ4n) is 3.48. The molecule has 1 saturated carbocycles. The van der Waals surface area contributed by atoms with Crippen LogP contribution >= 0.6 is 0 Å². The number of nitrogens with zero attached hydrogens (tertiary/aromatic N) is 3. The first kappa shape index (κ1) is 15.5. The van der Waals surface area contributed by atoms with Crippen LogP contribution in [0.2, 0.25) is 0 Å². The minimum absolute atomic E-state index is 0.660. The molecule has 20 heavy (non-hydrogen) atoms.